The van der Waals surface area contributed by atoms with E-state index in [0.29, 0.717) is 12.0 Å². The van der Waals surface area contributed by atoms with Gasteiger partial charge in [0.15, 0.2) is 0 Å². The predicted molar refractivity (Wildman–Crippen MR) is 49.4 cm³/mol. The van der Waals surface area contributed by atoms with Crippen molar-refractivity contribution in [3.63, 3.8) is 0 Å². The minimum Gasteiger partial charge on any atom is -0.380 e. The largest absolute Gasteiger partial charge is 0.380 e. The molecule has 1 aromatic carbocycles. The van der Waals surface area contributed by atoms with E-state index in [1.807, 2.05) is 6.07 Å². The summed E-state index contributed by atoms with van der Waals surface area (Å²) in [7, 11) is 0. The van der Waals surface area contributed by atoms with Crippen molar-refractivity contribution < 1.29 is 4.39 Å². The highest BCUT2D eigenvalue weighted by molar-refractivity contribution is 5.60. The van der Waals surface area contributed by atoms with Crippen molar-refractivity contribution in [1.82, 2.24) is 5.32 Å². The third kappa shape index (κ3) is 0.968. The lowest BCUT2D eigenvalue weighted by Crippen LogP contribution is -2.20. The number of hydrogen-bond donors (Lipinski definition) is 2. The number of hydrogen-bond acceptors (Lipinski definition) is 2. The van der Waals surface area contributed by atoms with Gasteiger partial charge in [0.05, 0.1) is 0 Å². The molecule has 0 aromatic heterocycles. The Morgan fingerprint density at radius 3 is 3.15 bits per heavy atom. The lowest BCUT2D eigenvalue weighted by molar-refractivity contribution is 0.627. The van der Waals surface area contributed by atoms with Crippen LogP contribution in [0.3, 0.4) is 0 Å². The highest BCUT2D eigenvalue weighted by Crippen LogP contribution is 2.37. The van der Waals surface area contributed by atoms with Gasteiger partial charge in [0.25, 0.3) is 0 Å². The van der Waals surface area contributed by atoms with E-state index in [0.717, 1.165) is 18.8 Å². The highest BCUT2D eigenvalue weighted by atomic mass is 19.1. The molecular weight excluding hydrogens is 167 g/mol. The van der Waals surface area contributed by atoms with Gasteiger partial charge in [-0.3, -0.25) is 0 Å². The maximum Gasteiger partial charge on any atom is 0.125 e. The molecule has 3 heteroatoms. The fraction of sp³-hybridized carbons (Fsp3) is 0.400. The first-order chi connectivity index (χ1) is 6.34. The number of benzene rings is 1. The zero-order chi connectivity index (χ0) is 8.84. The molecular formula is C10H11FN2. The van der Waals surface area contributed by atoms with E-state index in [1.165, 1.54) is 5.56 Å². The van der Waals surface area contributed by atoms with Gasteiger partial charge in [-0.15, -0.1) is 0 Å². The van der Waals surface area contributed by atoms with Crippen LogP contribution >= 0.6 is 0 Å². The van der Waals surface area contributed by atoms with Crippen LogP contribution in [0.25, 0.3) is 0 Å². The van der Waals surface area contributed by atoms with Gasteiger partial charge in [0.2, 0.25) is 0 Å². The number of fused-ring (bicyclic) bond motifs is 3. The first kappa shape index (κ1) is 7.33. The normalized spacial score (nSPS) is 29.6. The van der Waals surface area contributed by atoms with Gasteiger partial charge in [-0.05, 0) is 17.7 Å². The first-order valence-electron chi connectivity index (χ1n) is 4.61. The zero-order valence-electron chi connectivity index (χ0n) is 7.18. The molecule has 3 rings (SSSR count). The second-order valence-electron chi connectivity index (χ2n) is 3.75. The number of rotatable bonds is 0. The fourth-order valence-corrected chi connectivity index (χ4v) is 2.33. The molecule has 0 amide bonds. The summed E-state index contributed by atoms with van der Waals surface area (Å²) >= 11 is 0. The molecule has 13 heavy (non-hydrogen) atoms. The Morgan fingerprint density at radius 2 is 2.23 bits per heavy atom. The molecule has 1 saturated heterocycles. The average molecular weight is 178 g/mol. The Bertz CT molecular complexity index is 351. The van der Waals surface area contributed by atoms with E-state index >= 15 is 0 Å². The molecule has 0 aliphatic carbocycles. The number of nitrogens with one attached hydrogen (secondary N) is 2. The quantitative estimate of drug-likeness (QED) is 0.626. The Morgan fingerprint density at radius 1 is 1.31 bits per heavy atom. The molecule has 0 saturated carbocycles. The van der Waals surface area contributed by atoms with Crippen LogP contribution in [0, 0.1) is 5.82 Å². The molecule has 2 N–H and O–H groups in total. The van der Waals surface area contributed by atoms with Gasteiger partial charge in [-0.25, -0.2) is 4.39 Å². The summed E-state index contributed by atoms with van der Waals surface area (Å²) in [6.45, 7) is 2.00. The summed E-state index contributed by atoms with van der Waals surface area (Å²) in [5, 5.41) is 6.66. The fourth-order valence-electron chi connectivity index (χ4n) is 2.33. The third-order valence-electron chi connectivity index (χ3n) is 2.97. The Kier molecular flexibility index (Phi) is 1.38. The second-order valence-corrected chi connectivity index (χ2v) is 3.75. The van der Waals surface area contributed by atoms with Crippen molar-refractivity contribution in [2.75, 3.05) is 18.4 Å². The van der Waals surface area contributed by atoms with E-state index in [2.05, 4.69) is 10.6 Å². The topological polar surface area (TPSA) is 24.1 Å². The molecule has 2 heterocycles. The summed E-state index contributed by atoms with van der Waals surface area (Å²) < 4.78 is 12.9. The molecule has 2 aliphatic heterocycles. The van der Waals surface area contributed by atoms with Crippen molar-refractivity contribution in [3.8, 4) is 0 Å². The molecule has 2 unspecified atom stereocenters. The van der Waals surface area contributed by atoms with E-state index in [9.17, 15) is 4.39 Å². The molecule has 2 atom stereocenters. The SMILES string of the molecule is Fc1ccc2c(c1)NC1CNCC21. The predicted octanol–water partition coefficient (Wildman–Crippen LogP) is 1.31. The smallest absolute Gasteiger partial charge is 0.125 e. The van der Waals surface area contributed by atoms with Crippen molar-refractivity contribution in [3.05, 3.63) is 29.6 Å². The standard InChI is InChI=1S/C10H11FN2/c11-6-1-2-7-8-4-12-5-10(8)13-9(7)3-6/h1-3,8,10,12-13H,4-5H2. The van der Waals surface area contributed by atoms with Gasteiger partial charge < -0.3 is 10.6 Å². The van der Waals surface area contributed by atoms with E-state index in [4.69, 9.17) is 0 Å². The summed E-state index contributed by atoms with van der Waals surface area (Å²) in [4.78, 5) is 0. The van der Waals surface area contributed by atoms with Gasteiger partial charge in [-0.1, -0.05) is 6.07 Å². The summed E-state index contributed by atoms with van der Waals surface area (Å²) in [6.07, 6.45) is 0. The number of halogens is 1. The summed E-state index contributed by atoms with van der Waals surface area (Å²) in [5.41, 5.74) is 2.24. The van der Waals surface area contributed by atoms with Crippen LogP contribution in [-0.2, 0) is 0 Å². The molecule has 1 fully saturated rings. The van der Waals surface area contributed by atoms with Gasteiger partial charge in [-0.2, -0.15) is 0 Å². The van der Waals surface area contributed by atoms with Crippen molar-refractivity contribution in [1.29, 1.82) is 0 Å². The van der Waals surface area contributed by atoms with Crippen LogP contribution in [0.5, 0.6) is 0 Å². The Hall–Kier alpha value is -1.09. The van der Waals surface area contributed by atoms with Crippen LogP contribution in [-0.4, -0.2) is 19.1 Å². The average Bonchev–Trinajstić information content (AvgIpc) is 2.62. The highest BCUT2D eigenvalue weighted by Gasteiger charge is 2.35. The van der Waals surface area contributed by atoms with Crippen LogP contribution in [0.4, 0.5) is 10.1 Å². The van der Waals surface area contributed by atoms with Crippen molar-refractivity contribution in [2.24, 2.45) is 0 Å². The summed E-state index contributed by atoms with van der Waals surface area (Å²) in [6, 6.07) is 5.50. The monoisotopic (exact) mass is 178 g/mol. The molecule has 2 aliphatic rings. The Balaban J connectivity index is 2.08. The maximum atomic E-state index is 12.9. The van der Waals surface area contributed by atoms with Gasteiger partial charge in [0.1, 0.15) is 5.82 Å². The molecule has 2 nitrogen and oxygen atoms in total. The number of anilines is 1. The molecule has 0 bridgehead atoms. The molecule has 0 spiro atoms. The molecule has 1 aromatic rings. The maximum absolute atomic E-state index is 12.9. The minimum absolute atomic E-state index is 0.154. The van der Waals surface area contributed by atoms with Crippen LogP contribution in [0.15, 0.2) is 18.2 Å². The van der Waals surface area contributed by atoms with Crippen molar-refractivity contribution >= 4 is 5.69 Å². The third-order valence-corrected chi connectivity index (χ3v) is 2.97. The Labute approximate surface area is 76.1 Å². The zero-order valence-corrected chi connectivity index (χ0v) is 7.18. The summed E-state index contributed by atoms with van der Waals surface area (Å²) in [5.74, 6) is 0.384. The van der Waals surface area contributed by atoms with E-state index < -0.39 is 0 Å². The molecule has 68 valence electrons. The first-order valence-corrected chi connectivity index (χ1v) is 4.61. The van der Waals surface area contributed by atoms with Crippen LogP contribution < -0.4 is 10.6 Å². The van der Waals surface area contributed by atoms with Crippen LogP contribution in [0.1, 0.15) is 11.5 Å². The van der Waals surface area contributed by atoms with Gasteiger partial charge >= 0.3 is 0 Å². The lowest BCUT2D eigenvalue weighted by atomic mass is 9.98. The van der Waals surface area contributed by atoms with E-state index in [1.54, 1.807) is 12.1 Å². The van der Waals surface area contributed by atoms with E-state index in [-0.39, 0.29) is 5.82 Å². The van der Waals surface area contributed by atoms with Crippen molar-refractivity contribution in [2.45, 2.75) is 12.0 Å². The minimum atomic E-state index is -0.154. The lowest BCUT2D eigenvalue weighted by Gasteiger charge is -2.06. The second kappa shape index (κ2) is 2.45. The molecule has 0 radical (unpaired) electrons. The van der Waals surface area contributed by atoms with Gasteiger partial charge in [0, 0.05) is 30.7 Å². The van der Waals surface area contributed by atoms with Crippen LogP contribution in [0.2, 0.25) is 0 Å².